The number of rotatable bonds is 6. The minimum atomic E-state index is -3.47. The summed E-state index contributed by atoms with van der Waals surface area (Å²) in [6, 6.07) is 3.46. The summed E-state index contributed by atoms with van der Waals surface area (Å²) in [7, 11) is -3.47. The Morgan fingerprint density at radius 3 is 2.80 bits per heavy atom. The first-order chi connectivity index (χ1) is 11.8. The molecule has 2 aromatic rings. The molecule has 7 nitrogen and oxygen atoms in total. The van der Waals surface area contributed by atoms with Gasteiger partial charge in [-0.3, -0.25) is 5.10 Å². The molecule has 9 heteroatoms. The second-order valence-corrected chi connectivity index (χ2v) is 9.06. The average Bonchev–Trinajstić information content (AvgIpc) is 2.96. The summed E-state index contributed by atoms with van der Waals surface area (Å²) in [6.07, 6.45) is 3.46. The van der Waals surface area contributed by atoms with E-state index in [0.717, 1.165) is 22.9 Å². The van der Waals surface area contributed by atoms with Gasteiger partial charge in [0.05, 0.1) is 17.3 Å². The predicted octanol–water partition coefficient (Wildman–Crippen LogP) is 1.65. The Morgan fingerprint density at radius 1 is 1.40 bits per heavy atom. The van der Waals surface area contributed by atoms with Gasteiger partial charge >= 0.3 is 0 Å². The van der Waals surface area contributed by atoms with Gasteiger partial charge in [0.2, 0.25) is 0 Å². The first kappa shape index (κ1) is 17.2. The highest BCUT2D eigenvalue weighted by Crippen LogP contribution is 2.60. The first-order valence-corrected chi connectivity index (χ1v) is 10.3. The molecule has 4 atom stereocenters. The summed E-state index contributed by atoms with van der Waals surface area (Å²) < 4.78 is 29.2. The van der Waals surface area contributed by atoms with Gasteiger partial charge in [0.25, 0.3) is 10.2 Å². The molecule has 2 fully saturated rings. The van der Waals surface area contributed by atoms with Crippen LogP contribution in [0.15, 0.2) is 18.3 Å². The topological polar surface area (TPSA) is 107 Å². The zero-order valence-electron chi connectivity index (χ0n) is 13.8. The molecule has 1 aromatic heterocycles. The van der Waals surface area contributed by atoms with Crippen LogP contribution in [0.25, 0.3) is 10.9 Å². The molecule has 0 saturated heterocycles. The van der Waals surface area contributed by atoms with Crippen molar-refractivity contribution >= 4 is 32.7 Å². The number of hydrogen-bond acceptors (Lipinski definition) is 4. The molecular weight excluding hydrogens is 364 g/mol. The van der Waals surface area contributed by atoms with Crippen molar-refractivity contribution in [3.63, 3.8) is 0 Å². The maximum atomic E-state index is 12.0. The van der Waals surface area contributed by atoms with Crippen LogP contribution in [0, 0.1) is 11.8 Å². The standard InChI is InChI=1S/C16H21ClN4O3S/c1-2-3-19-25(23,24)21-15-10-6-16(22,7-11(10)15)13-4-9(17)5-14-12(13)8-18-20-14/h4-5,8,10-11,15,19,21-22H,2-3,6-7H2,1H3,(H,18,20)/t10-,11+,15+,16-. The van der Waals surface area contributed by atoms with Gasteiger partial charge in [-0.1, -0.05) is 18.5 Å². The number of aromatic amines is 1. The maximum absolute atomic E-state index is 12.0. The molecule has 0 spiro atoms. The summed E-state index contributed by atoms with van der Waals surface area (Å²) in [5.41, 5.74) is 0.556. The highest BCUT2D eigenvalue weighted by atomic mass is 35.5. The number of nitrogens with zero attached hydrogens (tertiary/aromatic N) is 1. The number of H-pyrrole nitrogens is 1. The molecule has 4 N–H and O–H groups in total. The molecule has 1 aromatic carbocycles. The number of fused-ring (bicyclic) bond motifs is 2. The lowest BCUT2D eigenvalue weighted by Crippen LogP contribution is -2.40. The molecule has 2 aliphatic rings. The number of aliphatic hydroxyl groups is 1. The van der Waals surface area contributed by atoms with Crippen molar-refractivity contribution in [2.75, 3.05) is 6.54 Å². The van der Waals surface area contributed by atoms with Gasteiger partial charge in [-0.15, -0.1) is 0 Å². The number of aromatic nitrogens is 2. The van der Waals surface area contributed by atoms with Crippen LogP contribution in [-0.4, -0.2) is 36.3 Å². The fourth-order valence-corrected chi connectivity index (χ4v) is 5.60. The van der Waals surface area contributed by atoms with Gasteiger partial charge < -0.3 is 5.11 Å². The molecule has 136 valence electrons. The monoisotopic (exact) mass is 384 g/mol. The van der Waals surface area contributed by atoms with Crippen LogP contribution in [-0.2, 0) is 15.8 Å². The molecule has 1 heterocycles. The van der Waals surface area contributed by atoms with Crippen LogP contribution in [0.5, 0.6) is 0 Å². The fraction of sp³-hybridized carbons (Fsp3) is 0.562. The van der Waals surface area contributed by atoms with Crippen LogP contribution in [0.1, 0.15) is 31.7 Å². The summed E-state index contributed by atoms with van der Waals surface area (Å²) in [6.45, 7) is 2.33. The van der Waals surface area contributed by atoms with E-state index in [1.54, 1.807) is 18.3 Å². The number of nitrogens with one attached hydrogen (secondary N) is 3. The predicted molar refractivity (Wildman–Crippen MR) is 95.4 cm³/mol. The van der Waals surface area contributed by atoms with Gasteiger partial charge in [-0.25, -0.2) is 4.72 Å². The van der Waals surface area contributed by atoms with E-state index in [-0.39, 0.29) is 17.9 Å². The fourth-order valence-electron chi connectivity index (χ4n) is 4.12. The first-order valence-electron chi connectivity index (χ1n) is 8.45. The lowest BCUT2D eigenvalue weighted by atomic mass is 9.86. The molecule has 0 unspecified atom stereocenters. The van der Waals surface area contributed by atoms with Gasteiger partial charge in [0.1, 0.15) is 0 Å². The Morgan fingerprint density at radius 2 is 2.12 bits per heavy atom. The van der Waals surface area contributed by atoms with Crippen molar-refractivity contribution in [2.24, 2.45) is 11.8 Å². The van der Waals surface area contributed by atoms with E-state index in [4.69, 9.17) is 11.6 Å². The van der Waals surface area contributed by atoms with E-state index in [2.05, 4.69) is 19.6 Å². The summed E-state index contributed by atoms with van der Waals surface area (Å²) >= 11 is 6.17. The van der Waals surface area contributed by atoms with Crippen molar-refractivity contribution in [3.8, 4) is 0 Å². The molecule has 0 radical (unpaired) electrons. The third-order valence-corrected chi connectivity index (χ3v) is 6.72. The SMILES string of the molecule is CCCNS(=O)(=O)N[C@H]1[C@@H]2C[C@](O)(c3cc(Cl)cc4[nH]ncc34)C[C@@H]21. The highest BCUT2D eigenvalue weighted by molar-refractivity contribution is 7.87. The second kappa shape index (κ2) is 5.92. The Balaban J connectivity index is 1.50. The molecule has 4 rings (SSSR count). The largest absolute Gasteiger partial charge is 0.385 e. The highest BCUT2D eigenvalue weighted by Gasteiger charge is 2.62. The maximum Gasteiger partial charge on any atom is 0.277 e. The quantitative estimate of drug-likeness (QED) is 0.607. The molecule has 0 bridgehead atoms. The lowest BCUT2D eigenvalue weighted by Gasteiger charge is -2.27. The van der Waals surface area contributed by atoms with Crippen LogP contribution in [0.3, 0.4) is 0 Å². The Hall–Kier alpha value is -1.19. The number of benzene rings is 1. The van der Waals surface area contributed by atoms with E-state index in [9.17, 15) is 13.5 Å². The molecule has 0 amide bonds. The van der Waals surface area contributed by atoms with Crippen molar-refractivity contribution < 1.29 is 13.5 Å². The van der Waals surface area contributed by atoms with Crippen molar-refractivity contribution in [1.82, 2.24) is 19.6 Å². The normalized spacial score (nSPS) is 31.4. The second-order valence-electron chi connectivity index (χ2n) is 7.09. The Labute approximate surface area is 151 Å². The third-order valence-electron chi connectivity index (χ3n) is 5.34. The molecule has 2 saturated carbocycles. The minimum Gasteiger partial charge on any atom is -0.385 e. The molecule has 2 aliphatic carbocycles. The smallest absolute Gasteiger partial charge is 0.277 e. The minimum absolute atomic E-state index is 0.103. The van der Waals surface area contributed by atoms with Crippen molar-refractivity contribution in [1.29, 1.82) is 0 Å². The van der Waals surface area contributed by atoms with Crippen LogP contribution < -0.4 is 9.44 Å². The lowest BCUT2D eigenvalue weighted by molar-refractivity contribution is 0.0303. The Bertz CT molecular complexity index is 901. The van der Waals surface area contributed by atoms with Crippen LogP contribution in [0.2, 0.25) is 5.02 Å². The summed E-state index contributed by atoms with van der Waals surface area (Å²) in [4.78, 5) is 0. The van der Waals surface area contributed by atoms with Gasteiger partial charge in [0, 0.05) is 23.0 Å². The molecule has 0 aliphatic heterocycles. The Kier molecular flexibility index (Phi) is 4.08. The van der Waals surface area contributed by atoms with E-state index >= 15 is 0 Å². The van der Waals surface area contributed by atoms with Gasteiger partial charge in [-0.05, 0) is 48.8 Å². The molecule has 25 heavy (non-hydrogen) atoms. The van der Waals surface area contributed by atoms with Crippen molar-refractivity contribution in [2.45, 2.75) is 37.8 Å². The number of halogens is 1. The van der Waals surface area contributed by atoms with Crippen LogP contribution in [0.4, 0.5) is 0 Å². The van der Waals surface area contributed by atoms with E-state index < -0.39 is 15.8 Å². The third kappa shape index (κ3) is 3.06. The zero-order valence-corrected chi connectivity index (χ0v) is 15.4. The summed E-state index contributed by atoms with van der Waals surface area (Å²) in [5, 5.41) is 19.5. The van der Waals surface area contributed by atoms with Gasteiger partial charge in [-0.2, -0.15) is 18.2 Å². The van der Waals surface area contributed by atoms with Crippen molar-refractivity contribution in [3.05, 3.63) is 28.9 Å². The number of hydrogen-bond donors (Lipinski definition) is 4. The van der Waals surface area contributed by atoms with Gasteiger partial charge in [0.15, 0.2) is 0 Å². The molecular formula is C16H21ClN4O3S. The average molecular weight is 385 g/mol. The van der Waals surface area contributed by atoms with E-state index in [0.29, 0.717) is 24.4 Å². The summed E-state index contributed by atoms with van der Waals surface area (Å²) in [5.74, 6) is 0.285. The zero-order chi connectivity index (χ0) is 17.8. The van der Waals surface area contributed by atoms with E-state index in [1.165, 1.54) is 0 Å². The van der Waals surface area contributed by atoms with Crippen LogP contribution >= 0.6 is 11.6 Å². The van der Waals surface area contributed by atoms with E-state index in [1.807, 2.05) is 6.92 Å².